The molecule has 0 aliphatic rings. The highest BCUT2D eigenvalue weighted by Crippen LogP contribution is 2.16. The molecular weight excluding hydrogens is 451 g/mol. The molecule has 1 aromatic heterocycles. The molecule has 0 bridgehead atoms. The zero-order valence-electron chi connectivity index (χ0n) is 15.7. The molecule has 144 valence electrons. The van der Waals surface area contributed by atoms with Crippen LogP contribution < -0.4 is 10.6 Å². The lowest BCUT2D eigenvalue weighted by atomic mass is 10.1. The van der Waals surface area contributed by atoms with Crippen molar-refractivity contribution in [3.8, 4) is 0 Å². The van der Waals surface area contributed by atoms with Gasteiger partial charge in [0.2, 0.25) is 0 Å². The maximum atomic E-state index is 13.4. The van der Waals surface area contributed by atoms with Crippen molar-refractivity contribution in [1.82, 2.24) is 20.4 Å². The van der Waals surface area contributed by atoms with E-state index in [0.717, 1.165) is 23.0 Å². The molecule has 0 saturated carbocycles. The molecule has 1 heterocycles. The highest BCUT2D eigenvalue weighted by atomic mass is 127. The molecule has 8 heteroatoms. The minimum atomic E-state index is -0.852. The van der Waals surface area contributed by atoms with Crippen LogP contribution >= 0.6 is 24.0 Å². The lowest BCUT2D eigenvalue weighted by molar-refractivity contribution is 0.504. The van der Waals surface area contributed by atoms with Gasteiger partial charge in [0, 0.05) is 24.8 Å². The van der Waals surface area contributed by atoms with E-state index in [1.54, 1.807) is 6.07 Å². The summed E-state index contributed by atoms with van der Waals surface area (Å²) < 4.78 is 28.4. The van der Waals surface area contributed by atoms with Crippen molar-refractivity contribution in [2.45, 2.75) is 40.3 Å². The van der Waals surface area contributed by atoms with Crippen LogP contribution in [0.15, 0.2) is 23.2 Å². The number of aryl methyl sites for hydroxylation is 2. The molecule has 0 aliphatic heterocycles. The number of guanidine groups is 1. The number of nitrogens with one attached hydrogen (secondary N) is 2. The minimum absolute atomic E-state index is 0. The predicted molar refractivity (Wildman–Crippen MR) is 111 cm³/mol. The summed E-state index contributed by atoms with van der Waals surface area (Å²) in [6, 6.07) is 3.68. The Hall–Kier alpha value is -1.71. The third kappa shape index (κ3) is 5.39. The van der Waals surface area contributed by atoms with E-state index < -0.39 is 11.6 Å². The molecule has 0 amide bonds. The Labute approximate surface area is 170 Å². The topological polar surface area (TPSA) is 54.2 Å². The Morgan fingerprint density at radius 3 is 2.50 bits per heavy atom. The third-order valence-electron chi connectivity index (χ3n) is 4.20. The molecular formula is C18H26F2IN5. The number of hydrogen-bond acceptors (Lipinski definition) is 2. The molecule has 0 aliphatic carbocycles. The number of aromatic nitrogens is 2. The summed E-state index contributed by atoms with van der Waals surface area (Å²) in [4.78, 5) is 4.60. The molecule has 0 radical (unpaired) electrons. The molecule has 2 N–H and O–H groups in total. The van der Waals surface area contributed by atoms with Crippen molar-refractivity contribution >= 4 is 29.9 Å². The van der Waals surface area contributed by atoms with E-state index in [1.807, 2.05) is 39.4 Å². The van der Waals surface area contributed by atoms with Crippen molar-refractivity contribution in [3.05, 3.63) is 52.3 Å². The third-order valence-corrected chi connectivity index (χ3v) is 4.20. The van der Waals surface area contributed by atoms with Crippen molar-refractivity contribution in [1.29, 1.82) is 0 Å². The normalized spacial score (nSPS) is 12.5. The van der Waals surface area contributed by atoms with Gasteiger partial charge in [0.05, 0.1) is 18.3 Å². The van der Waals surface area contributed by atoms with Gasteiger partial charge in [-0.1, -0.05) is 6.07 Å². The maximum Gasteiger partial charge on any atom is 0.192 e. The summed E-state index contributed by atoms with van der Waals surface area (Å²) in [5.41, 5.74) is 3.76. The van der Waals surface area contributed by atoms with Gasteiger partial charge in [0.1, 0.15) is 0 Å². The second kappa shape index (κ2) is 9.84. The van der Waals surface area contributed by atoms with Gasteiger partial charge in [0.15, 0.2) is 17.6 Å². The second-order valence-corrected chi connectivity index (χ2v) is 6.01. The minimum Gasteiger partial charge on any atom is -0.357 e. The first-order chi connectivity index (χ1) is 11.8. The largest absolute Gasteiger partial charge is 0.357 e. The molecule has 0 fully saturated rings. The van der Waals surface area contributed by atoms with Gasteiger partial charge in [-0.25, -0.2) is 13.8 Å². The highest BCUT2D eigenvalue weighted by Gasteiger charge is 2.12. The predicted octanol–water partition coefficient (Wildman–Crippen LogP) is 3.75. The Morgan fingerprint density at radius 2 is 1.96 bits per heavy atom. The van der Waals surface area contributed by atoms with E-state index in [2.05, 4.69) is 20.7 Å². The van der Waals surface area contributed by atoms with Crippen molar-refractivity contribution in [2.75, 3.05) is 6.54 Å². The van der Waals surface area contributed by atoms with Crippen molar-refractivity contribution in [2.24, 2.45) is 12.0 Å². The summed E-state index contributed by atoms with van der Waals surface area (Å²) >= 11 is 0. The van der Waals surface area contributed by atoms with Gasteiger partial charge < -0.3 is 10.6 Å². The molecule has 5 nitrogen and oxygen atoms in total. The van der Waals surface area contributed by atoms with Gasteiger partial charge in [-0.05, 0) is 45.4 Å². The summed E-state index contributed by atoms with van der Waals surface area (Å²) in [6.07, 6.45) is 0. The summed E-state index contributed by atoms with van der Waals surface area (Å²) in [6.45, 7) is 9.00. The Morgan fingerprint density at radius 1 is 1.27 bits per heavy atom. The van der Waals surface area contributed by atoms with E-state index in [9.17, 15) is 8.78 Å². The summed E-state index contributed by atoms with van der Waals surface area (Å²) in [5.74, 6) is -1.09. The molecule has 2 rings (SSSR count). The van der Waals surface area contributed by atoms with E-state index in [0.29, 0.717) is 24.6 Å². The molecule has 1 atom stereocenters. The molecule has 0 spiro atoms. The number of hydrogen-bond donors (Lipinski definition) is 2. The van der Waals surface area contributed by atoms with Crippen molar-refractivity contribution < 1.29 is 8.78 Å². The first-order valence-electron chi connectivity index (χ1n) is 8.32. The van der Waals surface area contributed by atoms with E-state index in [1.165, 1.54) is 6.07 Å². The second-order valence-electron chi connectivity index (χ2n) is 6.01. The Kier molecular flexibility index (Phi) is 8.45. The van der Waals surface area contributed by atoms with Crippen LogP contribution in [-0.2, 0) is 13.6 Å². The van der Waals surface area contributed by atoms with Gasteiger partial charge in [-0.2, -0.15) is 5.10 Å². The number of nitrogens with zero attached hydrogens (tertiary/aromatic N) is 3. The monoisotopic (exact) mass is 477 g/mol. The fourth-order valence-electron chi connectivity index (χ4n) is 2.59. The van der Waals surface area contributed by atoms with Crippen LogP contribution in [0.2, 0.25) is 0 Å². The number of halogens is 3. The average Bonchev–Trinajstić information content (AvgIpc) is 2.80. The fraction of sp³-hybridized carbons (Fsp3) is 0.444. The molecule has 0 saturated heterocycles. The fourth-order valence-corrected chi connectivity index (χ4v) is 2.59. The van der Waals surface area contributed by atoms with Crippen LogP contribution in [0.3, 0.4) is 0 Å². The molecule has 1 unspecified atom stereocenters. The number of benzene rings is 1. The Balaban J connectivity index is 0.00000338. The van der Waals surface area contributed by atoms with E-state index >= 15 is 0 Å². The van der Waals surface area contributed by atoms with Crippen LogP contribution in [-0.4, -0.2) is 22.3 Å². The van der Waals surface area contributed by atoms with Crippen LogP contribution in [0.25, 0.3) is 0 Å². The van der Waals surface area contributed by atoms with E-state index in [4.69, 9.17) is 0 Å². The first kappa shape index (κ1) is 22.3. The van der Waals surface area contributed by atoms with Crippen LogP contribution in [0.4, 0.5) is 8.78 Å². The zero-order chi connectivity index (χ0) is 18.6. The lowest BCUT2D eigenvalue weighted by Crippen LogP contribution is -2.38. The standard InChI is InChI=1S/C18H25F2N5.HI/c1-6-21-18(22-10-15-12(3)24-25(5)13(15)4)23-11(2)14-7-8-16(19)17(20)9-14;/h7-9,11H,6,10H2,1-5H3,(H2,21,22,23);1H. The van der Waals surface area contributed by atoms with Crippen LogP contribution in [0, 0.1) is 25.5 Å². The summed E-state index contributed by atoms with van der Waals surface area (Å²) in [7, 11) is 1.91. The SMILES string of the molecule is CCNC(=NCc1c(C)nn(C)c1C)NC(C)c1ccc(F)c(F)c1.I. The maximum absolute atomic E-state index is 13.4. The number of aliphatic imine (C=N–C) groups is 1. The van der Waals surface area contributed by atoms with Crippen LogP contribution in [0.1, 0.15) is 42.4 Å². The van der Waals surface area contributed by atoms with Gasteiger partial charge >= 0.3 is 0 Å². The molecule has 26 heavy (non-hydrogen) atoms. The number of rotatable bonds is 5. The highest BCUT2D eigenvalue weighted by molar-refractivity contribution is 14.0. The van der Waals surface area contributed by atoms with Gasteiger partial charge in [-0.15, -0.1) is 24.0 Å². The smallest absolute Gasteiger partial charge is 0.192 e. The Bertz CT molecular complexity index is 773. The van der Waals surface area contributed by atoms with E-state index in [-0.39, 0.29) is 30.0 Å². The van der Waals surface area contributed by atoms with Crippen LogP contribution in [0.5, 0.6) is 0 Å². The van der Waals surface area contributed by atoms with Gasteiger partial charge in [0.25, 0.3) is 0 Å². The summed E-state index contributed by atoms with van der Waals surface area (Å²) in [5, 5.41) is 10.8. The van der Waals surface area contributed by atoms with Crippen molar-refractivity contribution in [3.63, 3.8) is 0 Å². The molecule has 2 aromatic rings. The average molecular weight is 477 g/mol. The molecule has 1 aromatic carbocycles. The quantitative estimate of drug-likeness (QED) is 0.392. The van der Waals surface area contributed by atoms with Gasteiger partial charge in [-0.3, -0.25) is 4.68 Å². The first-order valence-corrected chi connectivity index (χ1v) is 8.32. The lowest BCUT2D eigenvalue weighted by Gasteiger charge is -2.18. The zero-order valence-corrected chi connectivity index (χ0v) is 18.1.